The Labute approximate surface area is 205 Å². The maximum Gasteiger partial charge on any atom is 0.416 e. The van der Waals surface area contributed by atoms with E-state index in [4.69, 9.17) is 0 Å². The Bertz CT molecular complexity index is 984. The third-order valence-corrected chi connectivity index (χ3v) is 8.73. The molecule has 4 bridgehead atoms. The van der Waals surface area contributed by atoms with Gasteiger partial charge in [0.15, 0.2) is 0 Å². The highest BCUT2D eigenvalue weighted by molar-refractivity contribution is 5.97. The van der Waals surface area contributed by atoms with Gasteiger partial charge >= 0.3 is 6.18 Å². The zero-order chi connectivity index (χ0) is 25.1. The topological polar surface area (TPSA) is 52.7 Å². The summed E-state index contributed by atoms with van der Waals surface area (Å²) in [5.41, 5.74) is 0.390. The Morgan fingerprint density at radius 2 is 1.66 bits per heavy atom. The van der Waals surface area contributed by atoms with E-state index in [1.165, 1.54) is 31.4 Å². The zero-order valence-electron chi connectivity index (χ0n) is 20.7. The van der Waals surface area contributed by atoms with Crippen LogP contribution in [0.15, 0.2) is 24.3 Å². The summed E-state index contributed by atoms with van der Waals surface area (Å²) in [6.45, 7) is 7.25. The molecule has 1 aromatic carbocycles. The van der Waals surface area contributed by atoms with E-state index in [-0.39, 0.29) is 23.8 Å². The van der Waals surface area contributed by atoms with Crippen molar-refractivity contribution < 1.29 is 22.8 Å². The van der Waals surface area contributed by atoms with Crippen LogP contribution in [-0.4, -0.2) is 53.3 Å². The number of hydrogen-bond donors (Lipinski definition) is 1. The molecular formula is C27H36F3N3O2. The number of nitrogens with zero attached hydrogens (tertiary/aromatic N) is 2. The maximum absolute atomic E-state index is 13.0. The summed E-state index contributed by atoms with van der Waals surface area (Å²) in [4.78, 5) is 29.6. The van der Waals surface area contributed by atoms with Gasteiger partial charge in [-0.05, 0) is 66.9 Å². The molecule has 0 aromatic heterocycles. The van der Waals surface area contributed by atoms with E-state index in [0.29, 0.717) is 55.0 Å². The van der Waals surface area contributed by atoms with Crippen LogP contribution < -0.4 is 5.32 Å². The molecule has 1 aliphatic heterocycles. The SMILES string of the molecule is CC12CC3CC(C)(C1)CC(NC(=O)CC(=O)N1CCN(Cc4cccc(C(F)(F)F)c4)CC1)(C3)C2. The summed E-state index contributed by atoms with van der Waals surface area (Å²) < 4.78 is 38.9. The van der Waals surface area contributed by atoms with E-state index in [9.17, 15) is 22.8 Å². The molecule has 5 fully saturated rings. The minimum Gasteiger partial charge on any atom is -0.350 e. The van der Waals surface area contributed by atoms with E-state index in [1.807, 2.05) is 0 Å². The average Bonchev–Trinajstić information content (AvgIpc) is 2.70. The van der Waals surface area contributed by atoms with Crippen LogP contribution in [0.1, 0.15) is 69.9 Å². The second-order valence-corrected chi connectivity index (χ2v) is 12.5. The Morgan fingerprint density at radius 1 is 1.00 bits per heavy atom. The number of alkyl halides is 3. The number of carbonyl (C=O) groups excluding carboxylic acids is 2. The predicted octanol–water partition coefficient (Wildman–Crippen LogP) is 4.60. The lowest BCUT2D eigenvalue weighted by atomic mass is 9.43. The largest absolute Gasteiger partial charge is 0.416 e. The highest BCUT2D eigenvalue weighted by Gasteiger charge is 2.60. The first-order chi connectivity index (χ1) is 16.3. The van der Waals surface area contributed by atoms with Crippen LogP contribution in [0.3, 0.4) is 0 Å². The molecule has 4 saturated carbocycles. The Kier molecular flexibility index (Phi) is 5.97. The van der Waals surface area contributed by atoms with E-state index < -0.39 is 11.7 Å². The van der Waals surface area contributed by atoms with Crippen molar-refractivity contribution in [2.45, 2.75) is 77.1 Å². The van der Waals surface area contributed by atoms with Crippen molar-refractivity contribution >= 4 is 11.8 Å². The van der Waals surface area contributed by atoms with Crippen molar-refractivity contribution in [3.8, 4) is 0 Å². The van der Waals surface area contributed by atoms with Gasteiger partial charge in [0.05, 0.1) is 5.56 Å². The molecule has 1 aromatic rings. The van der Waals surface area contributed by atoms with E-state index in [1.54, 1.807) is 11.0 Å². The van der Waals surface area contributed by atoms with Crippen LogP contribution in [0.5, 0.6) is 0 Å². The van der Waals surface area contributed by atoms with Crippen molar-refractivity contribution in [1.29, 1.82) is 0 Å². The van der Waals surface area contributed by atoms with E-state index >= 15 is 0 Å². The second kappa shape index (κ2) is 8.49. The molecule has 5 nitrogen and oxygen atoms in total. The van der Waals surface area contributed by atoms with Gasteiger partial charge in [-0.2, -0.15) is 13.2 Å². The van der Waals surface area contributed by atoms with Crippen LogP contribution in [0.25, 0.3) is 0 Å². The lowest BCUT2D eigenvalue weighted by molar-refractivity contribution is -0.145. The van der Waals surface area contributed by atoms with Crippen molar-refractivity contribution in [2.75, 3.05) is 26.2 Å². The number of amides is 2. The molecule has 5 aliphatic rings. The quantitative estimate of drug-likeness (QED) is 0.613. The Balaban J connectivity index is 1.12. The van der Waals surface area contributed by atoms with Gasteiger partial charge in [0.1, 0.15) is 6.42 Å². The number of halogens is 3. The first kappa shape index (κ1) is 24.6. The third-order valence-electron chi connectivity index (χ3n) is 8.73. The number of hydrogen-bond acceptors (Lipinski definition) is 3. The highest BCUT2D eigenvalue weighted by Crippen LogP contribution is 2.66. The van der Waals surface area contributed by atoms with Gasteiger partial charge in [-0.15, -0.1) is 0 Å². The first-order valence-electron chi connectivity index (χ1n) is 12.8. The Morgan fingerprint density at radius 3 is 2.26 bits per heavy atom. The minimum atomic E-state index is -4.35. The molecule has 0 spiro atoms. The fourth-order valence-corrected chi connectivity index (χ4v) is 8.44. The number of benzene rings is 1. The zero-order valence-corrected chi connectivity index (χ0v) is 20.7. The lowest BCUT2D eigenvalue weighted by Crippen LogP contribution is -2.65. The molecule has 2 unspecified atom stereocenters. The van der Waals surface area contributed by atoms with Crippen molar-refractivity contribution in [3.05, 3.63) is 35.4 Å². The van der Waals surface area contributed by atoms with Gasteiger partial charge < -0.3 is 10.2 Å². The first-order valence-corrected chi connectivity index (χ1v) is 12.8. The van der Waals surface area contributed by atoms with Gasteiger partial charge in [-0.3, -0.25) is 14.5 Å². The summed E-state index contributed by atoms with van der Waals surface area (Å²) in [5, 5.41) is 3.32. The van der Waals surface area contributed by atoms with Crippen LogP contribution in [0.4, 0.5) is 13.2 Å². The summed E-state index contributed by atoms with van der Waals surface area (Å²) in [6, 6.07) is 5.39. The molecule has 1 saturated heterocycles. The van der Waals surface area contributed by atoms with Crippen LogP contribution in [0, 0.1) is 16.7 Å². The number of nitrogens with one attached hydrogen (secondary N) is 1. The van der Waals surface area contributed by atoms with Crippen molar-refractivity contribution in [3.63, 3.8) is 0 Å². The third kappa shape index (κ3) is 5.23. The van der Waals surface area contributed by atoms with Crippen molar-refractivity contribution in [1.82, 2.24) is 15.1 Å². The number of piperazine rings is 1. The molecule has 1 N–H and O–H groups in total. The molecule has 35 heavy (non-hydrogen) atoms. The van der Waals surface area contributed by atoms with Gasteiger partial charge in [-0.1, -0.05) is 32.0 Å². The van der Waals surface area contributed by atoms with Crippen molar-refractivity contribution in [2.24, 2.45) is 16.7 Å². The van der Waals surface area contributed by atoms with Gasteiger partial charge in [0, 0.05) is 38.3 Å². The summed E-state index contributed by atoms with van der Waals surface area (Å²) in [6.07, 6.45) is 2.32. The molecule has 1 heterocycles. The average molecular weight is 492 g/mol. The van der Waals surface area contributed by atoms with E-state index in [0.717, 1.165) is 25.3 Å². The summed E-state index contributed by atoms with van der Waals surface area (Å²) >= 11 is 0. The molecule has 0 radical (unpaired) electrons. The molecule has 2 atom stereocenters. The monoisotopic (exact) mass is 491 g/mol. The standard InChI is InChI=1S/C27H36F3N3O2/c1-24-12-20-13-25(2,16-24)18-26(14-20,17-24)31-22(34)11-23(35)33-8-6-32(7-9-33)15-19-4-3-5-21(10-19)27(28,29)30/h3-5,10,20H,6-9,11-18H2,1-2H3,(H,31,34). The van der Waals surface area contributed by atoms with Gasteiger partial charge in [-0.25, -0.2) is 0 Å². The number of rotatable bonds is 5. The maximum atomic E-state index is 13.0. The fourth-order valence-electron chi connectivity index (χ4n) is 8.44. The van der Waals surface area contributed by atoms with E-state index in [2.05, 4.69) is 24.1 Å². The molecule has 8 heteroatoms. The fraction of sp³-hybridized carbons (Fsp3) is 0.704. The normalized spacial score (nSPS) is 34.8. The highest BCUT2D eigenvalue weighted by atomic mass is 19.4. The minimum absolute atomic E-state index is 0.131. The molecule has 192 valence electrons. The van der Waals surface area contributed by atoms with Gasteiger partial charge in [0.2, 0.25) is 11.8 Å². The molecular weight excluding hydrogens is 455 g/mol. The molecule has 4 aliphatic carbocycles. The summed E-state index contributed by atoms with van der Waals surface area (Å²) in [7, 11) is 0. The Hall–Kier alpha value is -2.09. The van der Waals surface area contributed by atoms with Crippen LogP contribution >= 0.6 is 0 Å². The van der Waals surface area contributed by atoms with Crippen LogP contribution in [0.2, 0.25) is 0 Å². The van der Waals surface area contributed by atoms with Gasteiger partial charge in [0.25, 0.3) is 0 Å². The number of carbonyl (C=O) groups is 2. The molecule has 6 rings (SSSR count). The lowest BCUT2D eigenvalue weighted by Gasteiger charge is -2.65. The summed E-state index contributed by atoms with van der Waals surface area (Å²) in [5.74, 6) is 0.334. The second-order valence-electron chi connectivity index (χ2n) is 12.5. The predicted molar refractivity (Wildman–Crippen MR) is 126 cm³/mol. The smallest absolute Gasteiger partial charge is 0.350 e. The molecule has 2 amide bonds. The van der Waals surface area contributed by atoms with Crippen LogP contribution in [-0.2, 0) is 22.3 Å².